The Morgan fingerprint density at radius 3 is 2.59 bits per heavy atom. The van der Waals surface area contributed by atoms with E-state index in [-0.39, 0.29) is 24.3 Å². The number of nitrogens with one attached hydrogen (secondary N) is 1. The van der Waals surface area contributed by atoms with Gasteiger partial charge in [-0.2, -0.15) is 0 Å². The lowest BCUT2D eigenvalue weighted by molar-refractivity contribution is -0.147. The predicted octanol–water partition coefficient (Wildman–Crippen LogP) is 3.98. The Kier molecular flexibility index (Phi) is 5.14. The van der Waals surface area contributed by atoms with E-state index in [9.17, 15) is 9.59 Å². The van der Waals surface area contributed by atoms with Crippen molar-refractivity contribution in [2.75, 3.05) is 13.2 Å². The van der Waals surface area contributed by atoms with Crippen molar-refractivity contribution in [2.24, 2.45) is 0 Å². The van der Waals surface area contributed by atoms with Crippen molar-refractivity contribution < 1.29 is 18.7 Å². The van der Waals surface area contributed by atoms with Gasteiger partial charge >= 0.3 is 5.97 Å². The highest BCUT2D eigenvalue weighted by molar-refractivity contribution is 5.89. The number of furan rings is 1. The van der Waals surface area contributed by atoms with E-state index >= 15 is 0 Å². The summed E-state index contributed by atoms with van der Waals surface area (Å²) >= 11 is 0. The van der Waals surface area contributed by atoms with Crippen LogP contribution in [-0.2, 0) is 26.2 Å². The van der Waals surface area contributed by atoms with E-state index in [0.29, 0.717) is 6.54 Å². The van der Waals surface area contributed by atoms with Crippen molar-refractivity contribution in [2.45, 2.75) is 38.5 Å². The van der Waals surface area contributed by atoms with Crippen LogP contribution < -0.4 is 5.32 Å². The molecule has 29 heavy (non-hydrogen) atoms. The first kappa shape index (κ1) is 19.2. The summed E-state index contributed by atoms with van der Waals surface area (Å²) in [6.45, 7) is 4.32. The molecule has 0 unspecified atom stereocenters. The summed E-state index contributed by atoms with van der Waals surface area (Å²) < 4.78 is 10.8. The molecule has 150 valence electrons. The molecule has 4 rings (SSSR count). The fraction of sp³-hybridized carbons (Fsp3) is 0.333. The molecule has 1 amide bonds. The van der Waals surface area contributed by atoms with Crippen molar-refractivity contribution >= 4 is 22.8 Å². The number of fused-ring (bicyclic) bond motifs is 1. The second-order valence-corrected chi connectivity index (χ2v) is 7.91. The first-order valence-electron chi connectivity index (χ1n) is 9.93. The van der Waals surface area contributed by atoms with Crippen LogP contribution in [0, 0.1) is 13.8 Å². The fourth-order valence-corrected chi connectivity index (χ4v) is 3.71. The van der Waals surface area contributed by atoms with Gasteiger partial charge in [-0.05, 0) is 43.4 Å². The maximum atomic E-state index is 12.2. The van der Waals surface area contributed by atoms with E-state index in [1.54, 1.807) is 6.26 Å². The van der Waals surface area contributed by atoms with Gasteiger partial charge < -0.3 is 14.5 Å². The van der Waals surface area contributed by atoms with Gasteiger partial charge in [0.2, 0.25) is 0 Å². The topological polar surface area (TPSA) is 68.5 Å². The normalized spacial score (nSPS) is 14.6. The van der Waals surface area contributed by atoms with E-state index in [2.05, 4.69) is 17.4 Å². The number of rotatable bonds is 7. The van der Waals surface area contributed by atoms with E-state index < -0.39 is 5.97 Å². The molecule has 1 aliphatic carbocycles. The van der Waals surface area contributed by atoms with Gasteiger partial charge in [0.1, 0.15) is 5.58 Å². The van der Waals surface area contributed by atoms with Crippen molar-refractivity contribution in [1.29, 1.82) is 0 Å². The molecule has 5 heteroatoms. The van der Waals surface area contributed by atoms with E-state index in [1.165, 1.54) is 5.56 Å². The molecule has 2 aromatic carbocycles. The second-order valence-electron chi connectivity index (χ2n) is 7.91. The minimum atomic E-state index is -0.440. The Hall–Kier alpha value is -3.08. The molecule has 0 spiro atoms. The molecule has 0 radical (unpaired) electrons. The average Bonchev–Trinajstić information content (AvgIpc) is 3.43. The van der Waals surface area contributed by atoms with Gasteiger partial charge in [0, 0.05) is 22.9 Å². The van der Waals surface area contributed by atoms with Gasteiger partial charge in [-0.3, -0.25) is 9.59 Å². The van der Waals surface area contributed by atoms with Crippen molar-refractivity contribution in [1.82, 2.24) is 5.32 Å². The van der Waals surface area contributed by atoms with Crippen molar-refractivity contribution in [3.8, 4) is 0 Å². The molecule has 1 fully saturated rings. The number of carbonyl (C=O) groups is 2. The number of ether oxygens (including phenoxy) is 1. The number of hydrogen-bond acceptors (Lipinski definition) is 4. The van der Waals surface area contributed by atoms with Gasteiger partial charge in [0.05, 0.1) is 12.7 Å². The zero-order valence-electron chi connectivity index (χ0n) is 16.8. The molecule has 0 saturated heterocycles. The van der Waals surface area contributed by atoms with Gasteiger partial charge in [0.15, 0.2) is 6.61 Å². The average molecular weight is 391 g/mol. The SMILES string of the molecule is Cc1ccc2c(CC(=O)OCC(=O)NCC3(c4ccccc4)CC3)coc2c1C. The minimum Gasteiger partial charge on any atom is -0.464 e. The zero-order valence-corrected chi connectivity index (χ0v) is 16.8. The molecule has 1 aromatic heterocycles. The van der Waals surface area contributed by atoms with Crippen LogP contribution in [0.1, 0.15) is 35.1 Å². The molecular weight excluding hydrogens is 366 g/mol. The lowest BCUT2D eigenvalue weighted by Crippen LogP contribution is -2.35. The van der Waals surface area contributed by atoms with Crippen LogP contribution >= 0.6 is 0 Å². The summed E-state index contributed by atoms with van der Waals surface area (Å²) in [6.07, 6.45) is 3.79. The van der Waals surface area contributed by atoms with E-state index in [0.717, 1.165) is 40.5 Å². The maximum Gasteiger partial charge on any atom is 0.310 e. The highest BCUT2D eigenvalue weighted by Crippen LogP contribution is 2.47. The lowest BCUT2D eigenvalue weighted by Gasteiger charge is -2.16. The van der Waals surface area contributed by atoms with Gasteiger partial charge in [-0.15, -0.1) is 0 Å². The maximum absolute atomic E-state index is 12.2. The third kappa shape index (κ3) is 4.04. The molecule has 0 bridgehead atoms. The third-order valence-corrected chi connectivity index (χ3v) is 5.90. The molecule has 1 heterocycles. The summed E-state index contributed by atoms with van der Waals surface area (Å²) in [7, 11) is 0. The van der Waals surface area contributed by atoms with Crippen molar-refractivity contribution in [3.63, 3.8) is 0 Å². The lowest BCUT2D eigenvalue weighted by atomic mass is 9.96. The van der Waals surface area contributed by atoms with E-state index in [1.807, 2.05) is 44.2 Å². The molecular formula is C24H25NO4. The van der Waals surface area contributed by atoms with Crippen LogP contribution in [0.2, 0.25) is 0 Å². The van der Waals surface area contributed by atoms with E-state index in [4.69, 9.17) is 9.15 Å². The number of amides is 1. The monoisotopic (exact) mass is 391 g/mol. The molecule has 1 N–H and O–H groups in total. The first-order chi connectivity index (χ1) is 14.0. The molecule has 0 aliphatic heterocycles. The quantitative estimate of drug-likeness (QED) is 0.619. The summed E-state index contributed by atoms with van der Waals surface area (Å²) in [6, 6.07) is 14.2. The Morgan fingerprint density at radius 2 is 1.86 bits per heavy atom. The highest BCUT2D eigenvalue weighted by atomic mass is 16.5. The fourth-order valence-electron chi connectivity index (χ4n) is 3.71. The van der Waals surface area contributed by atoms with Gasteiger partial charge in [-0.25, -0.2) is 0 Å². The van der Waals surface area contributed by atoms with Crippen LogP contribution in [0.15, 0.2) is 53.1 Å². The number of aryl methyl sites for hydroxylation is 2. The van der Waals surface area contributed by atoms with Gasteiger partial charge in [-0.1, -0.05) is 42.5 Å². The number of esters is 1. The Bertz CT molecular complexity index is 1050. The Morgan fingerprint density at radius 1 is 1.10 bits per heavy atom. The minimum absolute atomic E-state index is 0.0344. The van der Waals surface area contributed by atoms with Crippen molar-refractivity contribution in [3.05, 3.63) is 71.0 Å². The molecule has 1 saturated carbocycles. The standard InChI is InChI=1S/C24H25NO4/c1-16-8-9-20-18(13-29-23(20)17(16)2)12-22(27)28-14-21(26)25-15-24(10-11-24)19-6-4-3-5-7-19/h3-9,13H,10-12,14-15H2,1-2H3,(H,25,26). The molecule has 3 aromatic rings. The Labute approximate surface area is 170 Å². The summed E-state index contributed by atoms with van der Waals surface area (Å²) in [4.78, 5) is 24.3. The summed E-state index contributed by atoms with van der Waals surface area (Å²) in [5, 5.41) is 3.82. The smallest absolute Gasteiger partial charge is 0.310 e. The summed E-state index contributed by atoms with van der Waals surface area (Å²) in [5.41, 5.74) is 5.05. The highest BCUT2D eigenvalue weighted by Gasteiger charge is 2.44. The predicted molar refractivity (Wildman–Crippen MR) is 111 cm³/mol. The van der Waals surface area contributed by atoms with Crippen LogP contribution in [0.4, 0.5) is 0 Å². The second kappa shape index (κ2) is 7.74. The van der Waals surface area contributed by atoms with Crippen LogP contribution in [-0.4, -0.2) is 25.0 Å². The van der Waals surface area contributed by atoms with Crippen LogP contribution in [0.25, 0.3) is 11.0 Å². The molecule has 5 nitrogen and oxygen atoms in total. The van der Waals surface area contributed by atoms with Crippen LogP contribution in [0.3, 0.4) is 0 Å². The van der Waals surface area contributed by atoms with Crippen LogP contribution in [0.5, 0.6) is 0 Å². The Balaban J connectivity index is 1.28. The third-order valence-electron chi connectivity index (χ3n) is 5.90. The molecule has 1 aliphatic rings. The largest absolute Gasteiger partial charge is 0.464 e. The first-order valence-corrected chi connectivity index (χ1v) is 9.93. The number of hydrogen-bond donors (Lipinski definition) is 1. The molecule has 0 atom stereocenters. The van der Waals surface area contributed by atoms with Gasteiger partial charge in [0.25, 0.3) is 5.91 Å². The number of carbonyl (C=O) groups excluding carboxylic acids is 2. The summed E-state index contributed by atoms with van der Waals surface area (Å²) in [5.74, 6) is -0.714. The zero-order chi connectivity index (χ0) is 20.4. The number of benzene rings is 2.